The van der Waals surface area contributed by atoms with Crippen LogP contribution in [-0.4, -0.2) is 46.1 Å². The number of Topliss-reactive ketones (excluding diaryl/α,β-unsaturated/α-hetero) is 1. The molecule has 0 aliphatic carbocycles. The van der Waals surface area contributed by atoms with E-state index in [1.54, 1.807) is 39.0 Å². The Labute approximate surface area is 269 Å². The van der Waals surface area contributed by atoms with Gasteiger partial charge in [0.15, 0.2) is 16.6 Å². The second-order valence-corrected chi connectivity index (χ2v) is 11.4. The van der Waals surface area contributed by atoms with Crippen LogP contribution in [0.1, 0.15) is 50.6 Å². The fourth-order valence-electron chi connectivity index (χ4n) is 5.07. The first-order valence-electron chi connectivity index (χ1n) is 14.4. The van der Waals surface area contributed by atoms with Gasteiger partial charge in [-0.15, -0.1) is 0 Å². The molecule has 0 bridgehead atoms. The summed E-state index contributed by atoms with van der Waals surface area (Å²) in [7, 11) is 0. The lowest BCUT2D eigenvalue weighted by molar-refractivity contribution is -0.132. The van der Waals surface area contributed by atoms with Crippen LogP contribution in [0, 0.1) is 13.8 Å². The SMILES string of the molecule is C=CCOC(=O)c1sc(N2C(=O)C(=O)C(=C(O)c3ccc(OCc4ccccc4)cc3C)C2c2ccc(O)c(OCC)c2)nc1C. The Hall–Kier alpha value is -5.42. The van der Waals surface area contributed by atoms with Gasteiger partial charge in [-0.25, -0.2) is 9.78 Å². The summed E-state index contributed by atoms with van der Waals surface area (Å²) in [5.74, 6) is -2.39. The van der Waals surface area contributed by atoms with Crippen molar-refractivity contribution in [2.45, 2.75) is 33.4 Å². The van der Waals surface area contributed by atoms with Crippen molar-refractivity contribution in [1.82, 2.24) is 4.98 Å². The highest BCUT2D eigenvalue weighted by atomic mass is 32.1. The maximum absolute atomic E-state index is 13.7. The largest absolute Gasteiger partial charge is 0.507 e. The molecular formula is C35H32N2O8S. The van der Waals surface area contributed by atoms with Crippen molar-refractivity contribution in [3.05, 3.63) is 118 Å². The van der Waals surface area contributed by atoms with Gasteiger partial charge in [0.1, 0.15) is 29.6 Å². The van der Waals surface area contributed by atoms with Crippen molar-refractivity contribution < 1.29 is 38.8 Å². The van der Waals surface area contributed by atoms with Gasteiger partial charge in [0, 0.05) is 5.56 Å². The number of aryl methyl sites for hydroxylation is 2. The standard InChI is InChI=1S/C35H32N2O8S/c1-5-16-44-34(42)32-21(4)36-35(46-32)37-29(23-12-15-26(38)27(18-23)43-6-2)28(31(40)33(37)41)30(39)25-14-13-24(17-20(25)3)45-19-22-10-8-7-9-11-22/h5,7-15,17-18,29,38-39H,1,6,16,19H2,2-4H3. The van der Waals surface area contributed by atoms with E-state index in [1.807, 2.05) is 30.3 Å². The summed E-state index contributed by atoms with van der Waals surface area (Å²) < 4.78 is 16.7. The van der Waals surface area contributed by atoms with Gasteiger partial charge in [0.05, 0.1) is 23.9 Å². The van der Waals surface area contributed by atoms with Crippen LogP contribution < -0.4 is 14.4 Å². The number of hydrogen-bond acceptors (Lipinski definition) is 10. The summed E-state index contributed by atoms with van der Waals surface area (Å²) >= 11 is 0.887. The third-order valence-corrected chi connectivity index (χ3v) is 8.39. The summed E-state index contributed by atoms with van der Waals surface area (Å²) in [6.45, 7) is 9.22. The molecule has 1 aromatic heterocycles. The molecule has 1 aliphatic heterocycles. The first-order valence-corrected chi connectivity index (χ1v) is 15.3. The predicted molar refractivity (Wildman–Crippen MR) is 173 cm³/mol. The molecular weight excluding hydrogens is 608 g/mol. The highest BCUT2D eigenvalue weighted by Crippen LogP contribution is 2.46. The van der Waals surface area contributed by atoms with Crippen molar-refractivity contribution in [3.8, 4) is 17.2 Å². The first-order chi connectivity index (χ1) is 22.1. The molecule has 4 aromatic rings. The number of aromatic nitrogens is 1. The van der Waals surface area contributed by atoms with Crippen LogP contribution in [0.4, 0.5) is 5.13 Å². The molecule has 2 heterocycles. The number of aliphatic hydroxyl groups is 1. The summed E-state index contributed by atoms with van der Waals surface area (Å²) in [5.41, 5.74) is 2.39. The number of amides is 1. The number of hydrogen-bond donors (Lipinski definition) is 2. The topological polar surface area (TPSA) is 135 Å². The molecule has 11 heteroatoms. The maximum Gasteiger partial charge on any atom is 0.350 e. The number of nitrogens with zero attached hydrogens (tertiary/aromatic N) is 2. The van der Waals surface area contributed by atoms with E-state index in [1.165, 1.54) is 24.3 Å². The van der Waals surface area contributed by atoms with Gasteiger partial charge in [0.25, 0.3) is 5.78 Å². The van der Waals surface area contributed by atoms with Crippen molar-refractivity contribution >= 4 is 39.9 Å². The number of anilines is 1. The van der Waals surface area contributed by atoms with Gasteiger partial charge >= 0.3 is 11.9 Å². The lowest BCUT2D eigenvalue weighted by Crippen LogP contribution is -2.29. The monoisotopic (exact) mass is 640 g/mol. The van der Waals surface area contributed by atoms with E-state index in [0.29, 0.717) is 34.7 Å². The number of benzene rings is 3. The minimum absolute atomic E-state index is 0.0147. The van der Waals surface area contributed by atoms with Crippen LogP contribution in [0.5, 0.6) is 17.2 Å². The molecule has 0 radical (unpaired) electrons. The van der Waals surface area contributed by atoms with Gasteiger partial charge in [-0.05, 0) is 67.8 Å². The highest BCUT2D eigenvalue weighted by molar-refractivity contribution is 7.17. The van der Waals surface area contributed by atoms with E-state index in [2.05, 4.69) is 11.6 Å². The highest BCUT2D eigenvalue weighted by Gasteiger charge is 2.48. The maximum atomic E-state index is 13.7. The van der Waals surface area contributed by atoms with Crippen molar-refractivity contribution in [3.63, 3.8) is 0 Å². The zero-order chi connectivity index (χ0) is 33.0. The molecule has 10 nitrogen and oxygen atoms in total. The van der Waals surface area contributed by atoms with Crippen LogP contribution in [0.25, 0.3) is 5.76 Å². The Balaban J connectivity index is 1.60. The number of ether oxygens (including phenoxy) is 3. The third kappa shape index (κ3) is 6.36. The Morgan fingerprint density at radius 2 is 1.83 bits per heavy atom. The van der Waals surface area contributed by atoms with Gasteiger partial charge in [-0.3, -0.25) is 14.5 Å². The number of phenols is 1. The lowest BCUT2D eigenvalue weighted by atomic mass is 9.93. The molecule has 2 N–H and O–H groups in total. The Bertz CT molecular complexity index is 1850. The molecule has 1 saturated heterocycles. The number of esters is 1. The van der Waals surface area contributed by atoms with Crippen LogP contribution >= 0.6 is 11.3 Å². The number of carbonyl (C=O) groups is 3. The van der Waals surface area contributed by atoms with Crippen LogP contribution in [0.2, 0.25) is 0 Å². The molecule has 1 fully saturated rings. The van der Waals surface area contributed by atoms with Gasteiger partial charge in [-0.2, -0.15) is 0 Å². The Morgan fingerprint density at radius 1 is 1.07 bits per heavy atom. The summed E-state index contributed by atoms with van der Waals surface area (Å²) in [6, 6.07) is 17.9. The second-order valence-electron chi connectivity index (χ2n) is 10.4. The van der Waals surface area contributed by atoms with Gasteiger partial charge in [0.2, 0.25) is 0 Å². The molecule has 236 valence electrons. The average molecular weight is 641 g/mol. The van der Waals surface area contributed by atoms with E-state index in [4.69, 9.17) is 14.2 Å². The number of thiazole rings is 1. The van der Waals surface area contributed by atoms with E-state index < -0.39 is 29.5 Å². The van der Waals surface area contributed by atoms with E-state index in [0.717, 1.165) is 21.8 Å². The molecule has 1 atom stereocenters. The predicted octanol–water partition coefficient (Wildman–Crippen LogP) is 6.41. The van der Waals surface area contributed by atoms with Crippen molar-refractivity contribution in [2.24, 2.45) is 0 Å². The fraction of sp³-hybridized carbons (Fsp3) is 0.200. The summed E-state index contributed by atoms with van der Waals surface area (Å²) in [5, 5.41) is 22.2. The van der Waals surface area contributed by atoms with Crippen LogP contribution in [0.3, 0.4) is 0 Å². The summed E-state index contributed by atoms with van der Waals surface area (Å²) in [4.78, 5) is 45.9. The van der Waals surface area contributed by atoms with Crippen molar-refractivity contribution in [2.75, 3.05) is 18.1 Å². The second kappa shape index (κ2) is 13.7. The third-order valence-electron chi connectivity index (χ3n) is 7.25. The fourth-order valence-corrected chi connectivity index (χ4v) is 6.06. The average Bonchev–Trinajstić information content (AvgIpc) is 3.56. The van der Waals surface area contributed by atoms with E-state index >= 15 is 0 Å². The molecule has 46 heavy (non-hydrogen) atoms. The molecule has 0 saturated carbocycles. The van der Waals surface area contributed by atoms with Crippen LogP contribution in [-0.2, 0) is 20.9 Å². The quantitative estimate of drug-likeness (QED) is 0.0627. The number of carbonyl (C=O) groups excluding carboxylic acids is 3. The Kier molecular flexibility index (Phi) is 9.53. The number of aliphatic hydroxyl groups excluding tert-OH is 1. The molecule has 0 spiro atoms. The van der Waals surface area contributed by atoms with Gasteiger partial charge in [-0.1, -0.05) is 60.4 Å². The molecule has 1 amide bonds. The molecule has 3 aromatic carbocycles. The van der Waals surface area contributed by atoms with E-state index in [-0.39, 0.29) is 40.3 Å². The number of phenolic OH excluding ortho intramolecular Hbond substituents is 1. The molecule has 1 unspecified atom stereocenters. The van der Waals surface area contributed by atoms with Gasteiger partial charge < -0.3 is 24.4 Å². The first kappa shape index (κ1) is 32.0. The zero-order valence-corrected chi connectivity index (χ0v) is 26.3. The molecule has 1 aliphatic rings. The minimum Gasteiger partial charge on any atom is -0.507 e. The zero-order valence-electron chi connectivity index (χ0n) is 25.5. The number of ketones is 1. The Morgan fingerprint density at radius 3 is 2.52 bits per heavy atom. The molecule has 5 rings (SSSR count). The minimum atomic E-state index is -1.17. The number of rotatable bonds is 11. The van der Waals surface area contributed by atoms with Crippen molar-refractivity contribution in [1.29, 1.82) is 0 Å². The summed E-state index contributed by atoms with van der Waals surface area (Å²) in [6.07, 6.45) is 1.43. The normalized spacial score (nSPS) is 15.5. The smallest absolute Gasteiger partial charge is 0.350 e. The number of aromatic hydroxyl groups is 1. The van der Waals surface area contributed by atoms with E-state index in [9.17, 15) is 24.6 Å². The van der Waals surface area contributed by atoms with Crippen LogP contribution in [0.15, 0.2) is 85.0 Å². The lowest BCUT2D eigenvalue weighted by Gasteiger charge is -2.24.